The van der Waals surface area contributed by atoms with Crippen LogP contribution in [0, 0.1) is 0 Å². The van der Waals surface area contributed by atoms with E-state index >= 15 is 0 Å². The number of para-hydroxylation sites is 3. The Kier molecular flexibility index (Phi) is 4.67. The van der Waals surface area contributed by atoms with Crippen LogP contribution in [0.2, 0.25) is 0 Å². The van der Waals surface area contributed by atoms with Crippen LogP contribution in [0.1, 0.15) is 20.0 Å². The second-order valence-corrected chi connectivity index (χ2v) is 7.22. The molecule has 0 fully saturated rings. The minimum absolute atomic E-state index is 0.286. The van der Waals surface area contributed by atoms with Gasteiger partial charge in [0, 0.05) is 7.05 Å². The molecule has 0 aliphatic carbocycles. The first-order chi connectivity index (χ1) is 13.6. The first-order valence-electron chi connectivity index (χ1n) is 8.59. The van der Waals surface area contributed by atoms with Gasteiger partial charge in [-0.05, 0) is 36.4 Å². The van der Waals surface area contributed by atoms with Crippen molar-refractivity contribution in [3.8, 4) is 10.7 Å². The number of aromatic nitrogens is 2. The molecular weight excluding hydrogens is 374 g/mol. The lowest BCUT2D eigenvalue weighted by atomic mass is 10.2. The predicted molar refractivity (Wildman–Crippen MR) is 110 cm³/mol. The molecule has 4 aromatic rings. The van der Waals surface area contributed by atoms with E-state index in [0.717, 1.165) is 21.7 Å². The third-order valence-electron chi connectivity index (χ3n) is 4.42. The van der Waals surface area contributed by atoms with E-state index in [1.54, 1.807) is 30.3 Å². The van der Waals surface area contributed by atoms with Crippen LogP contribution in [0.15, 0.2) is 60.7 Å². The van der Waals surface area contributed by atoms with Crippen molar-refractivity contribution in [1.29, 1.82) is 0 Å². The number of amides is 1. The van der Waals surface area contributed by atoms with Crippen molar-refractivity contribution in [2.75, 3.05) is 12.4 Å². The highest BCUT2D eigenvalue weighted by atomic mass is 32.1. The summed E-state index contributed by atoms with van der Waals surface area (Å²) in [6.07, 6.45) is 0. The molecule has 6 nitrogen and oxygen atoms in total. The summed E-state index contributed by atoms with van der Waals surface area (Å²) in [7, 11) is 3.26. The van der Waals surface area contributed by atoms with E-state index in [1.807, 2.05) is 41.9 Å². The SMILES string of the molecule is COC(=O)c1ccccc1NC(=O)c1ccc(-c2nc3ccccc3n2C)s1. The Bertz CT molecular complexity index is 1190. The molecule has 7 heteroatoms. The molecule has 4 rings (SSSR count). The van der Waals surface area contributed by atoms with Gasteiger partial charge in [-0.15, -0.1) is 11.3 Å². The van der Waals surface area contributed by atoms with Crippen LogP contribution >= 0.6 is 11.3 Å². The van der Waals surface area contributed by atoms with Gasteiger partial charge in [0.2, 0.25) is 0 Å². The molecule has 0 radical (unpaired) electrons. The summed E-state index contributed by atoms with van der Waals surface area (Å²) >= 11 is 1.35. The smallest absolute Gasteiger partial charge is 0.339 e. The third kappa shape index (κ3) is 3.16. The Morgan fingerprint density at radius 2 is 1.79 bits per heavy atom. The van der Waals surface area contributed by atoms with Gasteiger partial charge in [-0.1, -0.05) is 24.3 Å². The standard InChI is InChI=1S/C21H17N3O3S/c1-24-16-10-6-5-9-15(16)22-19(24)17-11-12-18(28-17)20(25)23-14-8-4-3-7-13(14)21(26)27-2/h3-12H,1-2H3,(H,23,25). The number of nitrogens with zero attached hydrogens (tertiary/aromatic N) is 2. The van der Waals surface area contributed by atoms with Crippen LogP contribution in [0.5, 0.6) is 0 Å². The zero-order chi connectivity index (χ0) is 19.7. The van der Waals surface area contributed by atoms with Gasteiger partial charge in [0.1, 0.15) is 0 Å². The topological polar surface area (TPSA) is 73.2 Å². The van der Waals surface area contributed by atoms with E-state index < -0.39 is 5.97 Å². The molecule has 140 valence electrons. The Morgan fingerprint density at radius 1 is 1.04 bits per heavy atom. The first kappa shape index (κ1) is 17.9. The number of imidazole rings is 1. The van der Waals surface area contributed by atoms with Gasteiger partial charge >= 0.3 is 5.97 Å². The van der Waals surface area contributed by atoms with Crippen molar-refractivity contribution in [1.82, 2.24) is 9.55 Å². The number of hydrogen-bond donors (Lipinski definition) is 1. The Labute approximate surface area is 165 Å². The van der Waals surface area contributed by atoms with Gasteiger partial charge in [-0.2, -0.15) is 0 Å². The highest BCUT2D eigenvalue weighted by molar-refractivity contribution is 7.17. The van der Waals surface area contributed by atoms with Crippen LogP contribution in [0.25, 0.3) is 21.7 Å². The number of benzene rings is 2. The number of thiophene rings is 1. The molecule has 0 atom stereocenters. The molecule has 2 aromatic carbocycles. The fourth-order valence-corrected chi connectivity index (χ4v) is 3.94. The fourth-order valence-electron chi connectivity index (χ4n) is 3.01. The number of aryl methyl sites for hydroxylation is 1. The second kappa shape index (κ2) is 7.28. The molecule has 0 aliphatic heterocycles. The zero-order valence-corrected chi connectivity index (χ0v) is 16.1. The predicted octanol–water partition coefficient (Wildman–Crippen LogP) is 4.34. The Balaban J connectivity index is 1.62. The normalized spacial score (nSPS) is 10.8. The highest BCUT2D eigenvalue weighted by Crippen LogP contribution is 2.30. The highest BCUT2D eigenvalue weighted by Gasteiger charge is 2.17. The number of esters is 1. The average molecular weight is 391 g/mol. The van der Waals surface area contributed by atoms with Crippen molar-refractivity contribution in [2.24, 2.45) is 7.05 Å². The van der Waals surface area contributed by atoms with Crippen LogP contribution in [0.3, 0.4) is 0 Å². The molecule has 0 aliphatic rings. The summed E-state index contributed by atoms with van der Waals surface area (Å²) in [6, 6.07) is 18.3. The largest absolute Gasteiger partial charge is 0.465 e. The maximum atomic E-state index is 12.7. The van der Waals surface area contributed by atoms with E-state index in [-0.39, 0.29) is 5.91 Å². The summed E-state index contributed by atoms with van der Waals surface area (Å²) in [5, 5.41) is 2.79. The Hall–Kier alpha value is -3.45. The number of carbonyl (C=O) groups excluding carboxylic acids is 2. The summed E-state index contributed by atoms with van der Waals surface area (Å²) in [5.41, 5.74) is 2.66. The van der Waals surface area contributed by atoms with Gasteiger partial charge in [0.25, 0.3) is 5.91 Å². The number of methoxy groups -OCH3 is 1. The molecule has 0 unspecified atom stereocenters. The Morgan fingerprint density at radius 3 is 2.57 bits per heavy atom. The van der Waals surface area contributed by atoms with Crippen molar-refractivity contribution >= 4 is 39.9 Å². The molecule has 0 saturated carbocycles. The van der Waals surface area contributed by atoms with Gasteiger partial charge in [-0.3, -0.25) is 4.79 Å². The molecule has 2 heterocycles. The number of carbonyl (C=O) groups is 2. The summed E-state index contributed by atoms with van der Waals surface area (Å²) in [5.74, 6) is 0.0223. The maximum Gasteiger partial charge on any atom is 0.339 e. The minimum Gasteiger partial charge on any atom is -0.465 e. The molecule has 0 saturated heterocycles. The molecule has 0 bridgehead atoms. The van der Waals surface area contributed by atoms with Gasteiger partial charge in [-0.25, -0.2) is 9.78 Å². The minimum atomic E-state index is -0.498. The van der Waals surface area contributed by atoms with E-state index in [4.69, 9.17) is 4.74 Å². The number of rotatable bonds is 4. The van der Waals surface area contributed by atoms with Crippen LogP contribution < -0.4 is 5.32 Å². The zero-order valence-electron chi connectivity index (χ0n) is 15.3. The van der Waals surface area contributed by atoms with E-state index in [0.29, 0.717) is 16.1 Å². The monoisotopic (exact) mass is 391 g/mol. The molecule has 28 heavy (non-hydrogen) atoms. The molecule has 1 amide bonds. The number of hydrogen-bond acceptors (Lipinski definition) is 5. The second-order valence-electron chi connectivity index (χ2n) is 6.14. The van der Waals surface area contributed by atoms with Crippen LogP contribution in [-0.2, 0) is 11.8 Å². The van der Waals surface area contributed by atoms with E-state index in [2.05, 4.69) is 10.3 Å². The number of fused-ring (bicyclic) bond motifs is 1. The van der Waals surface area contributed by atoms with Crippen molar-refractivity contribution < 1.29 is 14.3 Å². The lowest BCUT2D eigenvalue weighted by Gasteiger charge is -2.08. The fraction of sp³-hybridized carbons (Fsp3) is 0.0952. The third-order valence-corrected chi connectivity index (χ3v) is 5.50. The maximum absolute atomic E-state index is 12.7. The lowest BCUT2D eigenvalue weighted by molar-refractivity contribution is 0.0602. The van der Waals surface area contributed by atoms with Crippen molar-refractivity contribution in [3.63, 3.8) is 0 Å². The van der Waals surface area contributed by atoms with Gasteiger partial charge in [0.05, 0.1) is 39.1 Å². The molecule has 1 N–H and O–H groups in total. The van der Waals surface area contributed by atoms with Crippen LogP contribution in [0.4, 0.5) is 5.69 Å². The average Bonchev–Trinajstić information content (AvgIpc) is 3.33. The van der Waals surface area contributed by atoms with E-state index in [9.17, 15) is 9.59 Å². The first-order valence-corrected chi connectivity index (χ1v) is 9.40. The quantitative estimate of drug-likeness (QED) is 0.525. The van der Waals surface area contributed by atoms with Gasteiger partial charge in [0.15, 0.2) is 5.82 Å². The van der Waals surface area contributed by atoms with Crippen molar-refractivity contribution in [2.45, 2.75) is 0 Å². The van der Waals surface area contributed by atoms with Gasteiger partial charge < -0.3 is 14.6 Å². The van der Waals surface area contributed by atoms with E-state index in [1.165, 1.54) is 18.4 Å². The number of ether oxygens (including phenoxy) is 1. The molecule has 2 aromatic heterocycles. The van der Waals surface area contributed by atoms with Crippen LogP contribution in [-0.4, -0.2) is 28.5 Å². The number of nitrogens with one attached hydrogen (secondary N) is 1. The lowest BCUT2D eigenvalue weighted by Crippen LogP contribution is -2.14. The summed E-state index contributed by atoms with van der Waals surface area (Å²) < 4.78 is 6.78. The molecule has 0 spiro atoms. The number of anilines is 1. The molecular formula is C21H17N3O3S. The van der Waals surface area contributed by atoms with Crippen molar-refractivity contribution in [3.05, 3.63) is 71.1 Å². The summed E-state index contributed by atoms with van der Waals surface area (Å²) in [6.45, 7) is 0. The summed E-state index contributed by atoms with van der Waals surface area (Å²) in [4.78, 5) is 30.7.